The molecule has 0 atom stereocenters. The molecule has 2 heterocycles. The molecule has 3 nitrogen and oxygen atoms in total. The predicted octanol–water partition coefficient (Wildman–Crippen LogP) is 18.5. The third-order valence-electron chi connectivity index (χ3n) is 12.5. The summed E-state index contributed by atoms with van der Waals surface area (Å²) in [5.74, 6) is 0. The quantitative estimate of drug-likeness (QED) is 0.144. The standard InChI is InChI=1S/C66H44N2O/c1-3-14-45(15-4-1)46-28-30-47(31-29-46)48-32-38-53(39-33-48)67(54-40-34-49(35-41-54)52-18-11-19-56(44-52)68-63-26-9-7-20-59(63)60-21-8-10-27-64(60)68)55-42-36-51(37-43-55)58-23-13-25-62-61-24-12-22-57(65(61)69-66(58)62)50-16-5-2-6-17-50/h1-44H/i2D,5D,6D,12D,13D,16D,17D,22D,23D,24D,25D,36D,37D,42D,43D. The fourth-order valence-electron chi connectivity index (χ4n) is 9.24. The molecule has 0 saturated carbocycles. The maximum absolute atomic E-state index is 9.84. The molecule has 3 heteroatoms. The van der Waals surface area contributed by atoms with Gasteiger partial charge in [-0.1, -0.05) is 206 Å². The lowest BCUT2D eigenvalue weighted by Crippen LogP contribution is -2.09. The van der Waals surface area contributed by atoms with E-state index < -0.39 is 124 Å². The lowest BCUT2D eigenvalue weighted by atomic mass is 9.99. The summed E-state index contributed by atoms with van der Waals surface area (Å²) in [4.78, 5) is 1.62. The van der Waals surface area contributed by atoms with Crippen molar-refractivity contribution in [3.05, 3.63) is 267 Å². The number of anilines is 3. The molecule has 0 fully saturated rings. The van der Waals surface area contributed by atoms with Gasteiger partial charge in [-0.2, -0.15) is 0 Å². The second kappa shape index (κ2) is 16.9. The van der Waals surface area contributed by atoms with Crippen LogP contribution < -0.4 is 4.90 Å². The molecule has 13 aromatic rings. The van der Waals surface area contributed by atoms with E-state index in [0.29, 0.717) is 11.4 Å². The van der Waals surface area contributed by atoms with E-state index in [0.717, 1.165) is 60.9 Å². The fraction of sp³-hybridized carbons (Fsp3) is 0. The third-order valence-corrected chi connectivity index (χ3v) is 12.5. The van der Waals surface area contributed by atoms with Crippen LogP contribution in [0.25, 0.3) is 105 Å². The highest BCUT2D eigenvalue weighted by molar-refractivity contribution is 6.13. The van der Waals surface area contributed by atoms with Crippen molar-refractivity contribution in [1.29, 1.82) is 0 Å². The molecule has 11 aromatic carbocycles. The van der Waals surface area contributed by atoms with E-state index >= 15 is 0 Å². The SMILES string of the molecule is [2H]c1c([2H])c([2H])c(-c2c([2H])c([2H])c([2H])c3c2oc2c(-c4c([2H])c([2H])c(N(c5ccc(-c6ccc(-c7ccccc7)cc6)cc5)c5ccc(-c6cccc(-n7c8ccccc8c8ccccc87)c6)cc5)c([2H])c4[2H])c([2H])c([2H])c([2H])c23)c([2H])c1[2H]. The van der Waals surface area contributed by atoms with Crippen molar-refractivity contribution in [3.8, 4) is 61.3 Å². The molecule has 0 aliphatic carbocycles. The minimum Gasteiger partial charge on any atom is -0.455 e. The van der Waals surface area contributed by atoms with E-state index in [1.807, 2.05) is 140 Å². The molecule has 0 radical (unpaired) electrons. The molecular weight excluding hydrogens is 837 g/mol. The number of fused-ring (bicyclic) bond motifs is 6. The molecular formula is C66H44N2O. The Morgan fingerprint density at radius 1 is 0.319 bits per heavy atom. The van der Waals surface area contributed by atoms with Gasteiger partial charge in [-0.05, 0) is 105 Å². The molecule has 2 aromatic heterocycles. The number of aromatic nitrogens is 1. The van der Waals surface area contributed by atoms with Crippen molar-refractivity contribution in [2.24, 2.45) is 0 Å². The monoisotopic (exact) mass is 895 g/mol. The first-order valence-electron chi connectivity index (χ1n) is 29.9. The highest BCUT2D eigenvalue weighted by Crippen LogP contribution is 2.42. The number of nitrogens with zero attached hydrogens (tertiary/aromatic N) is 2. The van der Waals surface area contributed by atoms with Gasteiger partial charge in [0.1, 0.15) is 11.2 Å². The average Bonchev–Trinajstić information content (AvgIpc) is 2.12. The van der Waals surface area contributed by atoms with Crippen LogP contribution in [-0.4, -0.2) is 4.57 Å². The van der Waals surface area contributed by atoms with Crippen molar-refractivity contribution in [2.75, 3.05) is 4.90 Å². The summed E-state index contributed by atoms with van der Waals surface area (Å²) in [6, 6.07) is 47.5. The Balaban J connectivity index is 0.979. The van der Waals surface area contributed by atoms with Crippen LogP contribution in [0.2, 0.25) is 0 Å². The lowest BCUT2D eigenvalue weighted by molar-refractivity contribution is 0.671. The van der Waals surface area contributed by atoms with Crippen molar-refractivity contribution in [1.82, 2.24) is 4.57 Å². The second-order valence-corrected chi connectivity index (χ2v) is 16.5. The zero-order valence-corrected chi connectivity index (χ0v) is 36.5. The number of hydrogen-bond donors (Lipinski definition) is 0. The summed E-state index contributed by atoms with van der Waals surface area (Å²) in [5.41, 5.74) is 6.66. The van der Waals surface area contributed by atoms with Gasteiger partial charge in [0.15, 0.2) is 0 Å². The summed E-state index contributed by atoms with van der Waals surface area (Å²) in [7, 11) is 0. The molecule has 69 heavy (non-hydrogen) atoms. The second-order valence-electron chi connectivity index (χ2n) is 16.5. The molecule has 0 bridgehead atoms. The lowest BCUT2D eigenvalue weighted by Gasteiger charge is -2.26. The summed E-state index contributed by atoms with van der Waals surface area (Å²) in [6.07, 6.45) is 0. The molecule has 0 amide bonds. The highest BCUT2D eigenvalue weighted by atomic mass is 16.3. The minimum atomic E-state index is -0.752. The number of furan rings is 1. The fourth-order valence-corrected chi connectivity index (χ4v) is 9.24. The molecule has 0 aliphatic rings. The summed E-state index contributed by atoms with van der Waals surface area (Å²) in [5, 5.41) is 1.58. The largest absolute Gasteiger partial charge is 0.455 e. The van der Waals surface area contributed by atoms with Crippen LogP contribution in [-0.2, 0) is 0 Å². The molecule has 0 saturated heterocycles. The molecule has 0 aliphatic heterocycles. The summed E-state index contributed by atoms with van der Waals surface area (Å²) >= 11 is 0. The highest BCUT2D eigenvalue weighted by Gasteiger charge is 2.18. The number of hydrogen-bond acceptors (Lipinski definition) is 2. The van der Waals surface area contributed by atoms with E-state index in [-0.39, 0.29) is 16.5 Å². The van der Waals surface area contributed by atoms with Crippen LogP contribution >= 0.6 is 0 Å². The molecule has 324 valence electrons. The topological polar surface area (TPSA) is 21.3 Å². The van der Waals surface area contributed by atoms with Crippen LogP contribution in [0.4, 0.5) is 17.1 Å². The first kappa shape index (κ1) is 27.5. The smallest absolute Gasteiger partial charge is 0.143 e. The van der Waals surface area contributed by atoms with Gasteiger partial charge in [0, 0.05) is 55.4 Å². The van der Waals surface area contributed by atoms with E-state index in [2.05, 4.69) is 41.0 Å². The van der Waals surface area contributed by atoms with Gasteiger partial charge in [-0.25, -0.2) is 0 Å². The van der Waals surface area contributed by atoms with E-state index in [9.17, 15) is 6.85 Å². The van der Waals surface area contributed by atoms with E-state index in [1.54, 1.807) is 4.90 Å². The van der Waals surface area contributed by atoms with Crippen LogP contribution in [0.5, 0.6) is 0 Å². The Labute approximate surface area is 422 Å². The van der Waals surface area contributed by atoms with Crippen molar-refractivity contribution in [2.45, 2.75) is 0 Å². The van der Waals surface area contributed by atoms with E-state index in [4.69, 9.17) is 18.1 Å². The molecule has 0 N–H and O–H groups in total. The first-order chi connectivity index (χ1) is 40.5. The third kappa shape index (κ3) is 7.16. The number of rotatable bonds is 9. The number of benzene rings is 11. The summed E-state index contributed by atoms with van der Waals surface area (Å²) in [6.45, 7) is 0. The summed E-state index contributed by atoms with van der Waals surface area (Å²) < 4.78 is 145. The van der Waals surface area contributed by atoms with Crippen LogP contribution in [0.15, 0.2) is 271 Å². The average molecular weight is 896 g/mol. The van der Waals surface area contributed by atoms with Crippen LogP contribution in [0.3, 0.4) is 0 Å². The maximum atomic E-state index is 9.84. The van der Waals surface area contributed by atoms with Gasteiger partial charge in [0.25, 0.3) is 0 Å². The Hall–Kier alpha value is -9.18. The zero-order valence-electron chi connectivity index (χ0n) is 51.5. The molecule has 13 rings (SSSR count). The van der Waals surface area contributed by atoms with Crippen molar-refractivity contribution in [3.63, 3.8) is 0 Å². The number of para-hydroxylation sites is 4. The van der Waals surface area contributed by atoms with E-state index in [1.165, 1.54) is 0 Å². The molecule has 0 spiro atoms. The Morgan fingerprint density at radius 3 is 1.35 bits per heavy atom. The van der Waals surface area contributed by atoms with Crippen LogP contribution in [0, 0.1) is 0 Å². The Morgan fingerprint density at radius 2 is 0.783 bits per heavy atom. The van der Waals surface area contributed by atoms with Crippen molar-refractivity contribution < 1.29 is 25.0 Å². The first-order valence-corrected chi connectivity index (χ1v) is 22.4. The van der Waals surface area contributed by atoms with Gasteiger partial charge in [-0.3, -0.25) is 0 Å². The predicted molar refractivity (Wildman–Crippen MR) is 290 cm³/mol. The Kier molecular flexibility index (Phi) is 6.73. The Bertz CT molecular complexity index is 4780. The van der Waals surface area contributed by atoms with Gasteiger partial charge >= 0.3 is 0 Å². The van der Waals surface area contributed by atoms with Gasteiger partial charge in [0.05, 0.1) is 31.6 Å². The minimum absolute atomic E-state index is 0.167. The molecule has 0 unspecified atom stereocenters. The van der Waals surface area contributed by atoms with Gasteiger partial charge in [0.2, 0.25) is 0 Å². The van der Waals surface area contributed by atoms with Gasteiger partial charge in [-0.15, -0.1) is 0 Å². The van der Waals surface area contributed by atoms with Crippen molar-refractivity contribution >= 4 is 60.8 Å². The maximum Gasteiger partial charge on any atom is 0.143 e. The normalized spacial score (nSPS) is 14.5. The van der Waals surface area contributed by atoms with Gasteiger partial charge < -0.3 is 13.9 Å². The zero-order chi connectivity index (χ0) is 58.7. The van der Waals surface area contributed by atoms with Crippen LogP contribution in [0.1, 0.15) is 20.6 Å².